The lowest BCUT2D eigenvalue weighted by atomic mass is 9.79. The molecule has 3 nitrogen and oxygen atoms in total. The van der Waals surface area contributed by atoms with Crippen molar-refractivity contribution in [2.75, 3.05) is 39.4 Å². The van der Waals surface area contributed by atoms with Gasteiger partial charge in [0, 0.05) is 38.9 Å². The summed E-state index contributed by atoms with van der Waals surface area (Å²) in [4.78, 5) is 2.77. The summed E-state index contributed by atoms with van der Waals surface area (Å²) in [5.74, 6) is 0.775. The standard InChI is InChI=1S/C16H32N2O/c1-4-17-12-16(7-9-19-10-8-16)13-18(11-14(2)3)15-5-6-15/h14-15,17H,4-13H2,1-3H3. The number of hydrogen-bond donors (Lipinski definition) is 1. The molecule has 1 aliphatic heterocycles. The Kier molecular flexibility index (Phi) is 5.67. The first-order chi connectivity index (χ1) is 9.15. The van der Waals surface area contributed by atoms with Gasteiger partial charge in [-0.05, 0) is 43.6 Å². The summed E-state index contributed by atoms with van der Waals surface area (Å²) in [6, 6.07) is 0.878. The van der Waals surface area contributed by atoms with E-state index in [1.54, 1.807) is 0 Å². The highest BCUT2D eigenvalue weighted by atomic mass is 16.5. The molecule has 0 radical (unpaired) electrons. The maximum Gasteiger partial charge on any atom is 0.0472 e. The van der Waals surface area contributed by atoms with E-state index >= 15 is 0 Å². The van der Waals surface area contributed by atoms with Crippen molar-refractivity contribution in [3.8, 4) is 0 Å². The van der Waals surface area contributed by atoms with Gasteiger partial charge in [0.15, 0.2) is 0 Å². The van der Waals surface area contributed by atoms with Crippen LogP contribution in [0.3, 0.4) is 0 Å². The Morgan fingerprint density at radius 3 is 2.47 bits per heavy atom. The van der Waals surface area contributed by atoms with Gasteiger partial charge in [-0.1, -0.05) is 20.8 Å². The van der Waals surface area contributed by atoms with Crippen molar-refractivity contribution in [1.82, 2.24) is 10.2 Å². The third-order valence-corrected chi connectivity index (χ3v) is 4.50. The number of nitrogens with one attached hydrogen (secondary N) is 1. The minimum Gasteiger partial charge on any atom is -0.381 e. The van der Waals surface area contributed by atoms with Crippen molar-refractivity contribution >= 4 is 0 Å². The molecule has 1 aliphatic carbocycles. The zero-order valence-corrected chi connectivity index (χ0v) is 13.1. The van der Waals surface area contributed by atoms with Crippen LogP contribution in [-0.2, 0) is 4.74 Å². The van der Waals surface area contributed by atoms with Gasteiger partial charge in [0.05, 0.1) is 0 Å². The molecule has 0 atom stereocenters. The first-order valence-corrected chi connectivity index (χ1v) is 8.18. The molecular weight excluding hydrogens is 236 g/mol. The molecule has 2 aliphatic rings. The molecular formula is C16H32N2O. The van der Waals surface area contributed by atoms with E-state index in [0.29, 0.717) is 5.41 Å². The van der Waals surface area contributed by atoms with Crippen LogP contribution in [0.1, 0.15) is 46.5 Å². The normalized spacial score (nSPS) is 23.2. The molecule has 1 heterocycles. The van der Waals surface area contributed by atoms with Crippen LogP contribution in [0.4, 0.5) is 0 Å². The smallest absolute Gasteiger partial charge is 0.0472 e. The molecule has 2 fully saturated rings. The van der Waals surface area contributed by atoms with Gasteiger partial charge in [-0.15, -0.1) is 0 Å². The molecule has 19 heavy (non-hydrogen) atoms. The van der Waals surface area contributed by atoms with Gasteiger partial charge < -0.3 is 10.1 Å². The highest BCUT2D eigenvalue weighted by Crippen LogP contribution is 2.36. The van der Waals surface area contributed by atoms with E-state index in [1.807, 2.05) is 0 Å². The predicted molar refractivity (Wildman–Crippen MR) is 80.5 cm³/mol. The summed E-state index contributed by atoms with van der Waals surface area (Å²) in [6.07, 6.45) is 5.28. The van der Waals surface area contributed by atoms with Gasteiger partial charge >= 0.3 is 0 Å². The van der Waals surface area contributed by atoms with Gasteiger partial charge in [-0.25, -0.2) is 0 Å². The van der Waals surface area contributed by atoms with Crippen LogP contribution < -0.4 is 5.32 Å². The highest BCUT2D eigenvalue weighted by molar-refractivity contribution is 4.93. The van der Waals surface area contributed by atoms with Crippen LogP contribution in [0.5, 0.6) is 0 Å². The van der Waals surface area contributed by atoms with Gasteiger partial charge in [-0.2, -0.15) is 0 Å². The second-order valence-electron chi connectivity index (χ2n) is 6.95. The Morgan fingerprint density at radius 1 is 1.26 bits per heavy atom. The van der Waals surface area contributed by atoms with Crippen molar-refractivity contribution in [1.29, 1.82) is 0 Å². The topological polar surface area (TPSA) is 24.5 Å². The lowest BCUT2D eigenvalue weighted by Gasteiger charge is -2.42. The van der Waals surface area contributed by atoms with Gasteiger partial charge in [0.25, 0.3) is 0 Å². The molecule has 0 aromatic carbocycles. The number of hydrogen-bond acceptors (Lipinski definition) is 3. The summed E-state index contributed by atoms with van der Waals surface area (Å²) in [7, 11) is 0. The molecule has 0 aromatic rings. The lowest BCUT2D eigenvalue weighted by molar-refractivity contribution is -0.00735. The van der Waals surface area contributed by atoms with E-state index in [4.69, 9.17) is 4.74 Å². The van der Waals surface area contributed by atoms with E-state index in [9.17, 15) is 0 Å². The van der Waals surface area contributed by atoms with Crippen molar-refractivity contribution in [3.63, 3.8) is 0 Å². The molecule has 0 unspecified atom stereocenters. The molecule has 1 saturated heterocycles. The first kappa shape index (κ1) is 15.3. The molecule has 2 rings (SSSR count). The fraction of sp³-hybridized carbons (Fsp3) is 1.00. The summed E-state index contributed by atoms with van der Waals surface area (Å²) in [5.41, 5.74) is 0.450. The fourth-order valence-electron chi connectivity index (χ4n) is 3.27. The quantitative estimate of drug-likeness (QED) is 0.732. The minimum atomic E-state index is 0.450. The molecule has 1 saturated carbocycles. The Balaban J connectivity index is 1.95. The van der Waals surface area contributed by atoms with E-state index in [2.05, 4.69) is 31.0 Å². The third-order valence-electron chi connectivity index (χ3n) is 4.50. The van der Waals surface area contributed by atoms with Crippen LogP contribution in [-0.4, -0.2) is 50.3 Å². The second-order valence-corrected chi connectivity index (χ2v) is 6.95. The average molecular weight is 268 g/mol. The van der Waals surface area contributed by atoms with E-state index in [-0.39, 0.29) is 0 Å². The van der Waals surface area contributed by atoms with Gasteiger partial charge in [-0.3, -0.25) is 4.90 Å². The maximum atomic E-state index is 5.60. The van der Waals surface area contributed by atoms with Crippen LogP contribution in [0.15, 0.2) is 0 Å². The van der Waals surface area contributed by atoms with Crippen molar-refractivity contribution < 1.29 is 4.74 Å². The monoisotopic (exact) mass is 268 g/mol. The first-order valence-electron chi connectivity index (χ1n) is 8.18. The summed E-state index contributed by atoms with van der Waals surface area (Å²) < 4.78 is 5.60. The lowest BCUT2D eigenvalue weighted by Crippen LogP contribution is -2.48. The predicted octanol–water partition coefficient (Wildman–Crippen LogP) is 2.51. The summed E-state index contributed by atoms with van der Waals surface area (Å²) in [6.45, 7) is 13.6. The molecule has 0 amide bonds. The Hall–Kier alpha value is -0.120. The second kappa shape index (κ2) is 7.05. The number of nitrogens with zero attached hydrogens (tertiary/aromatic N) is 1. The molecule has 0 bridgehead atoms. The largest absolute Gasteiger partial charge is 0.381 e. The Bertz CT molecular complexity index is 257. The number of rotatable bonds is 8. The van der Waals surface area contributed by atoms with Crippen LogP contribution in [0, 0.1) is 11.3 Å². The van der Waals surface area contributed by atoms with Crippen LogP contribution in [0.25, 0.3) is 0 Å². The zero-order chi connectivity index (χ0) is 13.7. The molecule has 1 N–H and O–H groups in total. The van der Waals surface area contributed by atoms with E-state index in [1.165, 1.54) is 38.8 Å². The maximum absolute atomic E-state index is 5.60. The van der Waals surface area contributed by atoms with Crippen LogP contribution in [0.2, 0.25) is 0 Å². The highest BCUT2D eigenvalue weighted by Gasteiger charge is 2.38. The van der Waals surface area contributed by atoms with Crippen molar-refractivity contribution in [2.45, 2.75) is 52.5 Å². The summed E-state index contributed by atoms with van der Waals surface area (Å²) >= 11 is 0. The average Bonchev–Trinajstić information content (AvgIpc) is 3.21. The van der Waals surface area contributed by atoms with E-state index in [0.717, 1.165) is 38.3 Å². The third kappa shape index (κ3) is 4.73. The fourth-order valence-corrected chi connectivity index (χ4v) is 3.27. The molecule has 0 spiro atoms. The molecule has 0 aromatic heterocycles. The SMILES string of the molecule is CCNCC1(CN(CC(C)C)C2CC2)CCOCC1. The Labute approximate surface area is 119 Å². The Morgan fingerprint density at radius 2 is 1.95 bits per heavy atom. The molecule has 3 heteroatoms. The number of ether oxygens (including phenoxy) is 1. The van der Waals surface area contributed by atoms with E-state index < -0.39 is 0 Å². The van der Waals surface area contributed by atoms with Crippen molar-refractivity contribution in [2.24, 2.45) is 11.3 Å². The minimum absolute atomic E-state index is 0.450. The molecule has 112 valence electrons. The van der Waals surface area contributed by atoms with Crippen LogP contribution >= 0.6 is 0 Å². The zero-order valence-electron chi connectivity index (χ0n) is 13.1. The van der Waals surface area contributed by atoms with Gasteiger partial charge in [0.1, 0.15) is 0 Å². The van der Waals surface area contributed by atoms with Gasteiger partial charge in [0.2, 0.25) is 0 Å². The van der Waals surface area contributed by atoms with Crippen molar-refractivity contribution in [3.05, 3.63) is 0 Å². The summed E-state index contributed by atoms with van der Waals surface area (Å²) in [5, 5.41) is 3.59.